The van der Waals surface area contributed by atoms with Crippen molar-refractivity contribution < 1.29 is 9.18 Å². The third-order valence-electron chi connectivity index (χ3n) is 4.37. The van der Waals surface area contributed by atoms with Gasteiger partial charge in [0.15, 0.2) is 0 Å². The number of halogens is 1. The monoisotopic (exact) mass is 317 g/mol. The van der Waals surface area contributed by atoms with Gasteiger partial charge in [0.2, 0.25) is 0 Å². The number of anilines is 1. The van der Waals surface area contributed by atoms with Crippen LogP contribution in [0.2, 0.25) is 0 Å². The Labute approximate surface area is 140 Å². The van der Waals surface area contributed by atoms with Gasteiger partial charge in [0, 0.05) is 5.56 Å². The van der Waals surface area contributed by atoms with Gasteiger partial charge >= 0.3 is 0 Å². The lowest BCUT2D eigenvalue weighted by molar-refractivity contribution is 0.0995. The van der Waals surface area contributed by atoms with E-state index in [4.69, 9.17) is 0 Å². The van der Waals surface area contributed by atoms with Gasteiger partial charge < -0.3 is 4.90 Å². The molecule has 0 saturated carbocycles. The summed E-state index contributed by atoms with van der Waals surface area (Å²) in [5.41, 5.74) is 4.24. The molecule has 0 bridgehead atoms. The molecule has 0 saturated heterocycles. The quantitative estimate of drug-likeness (QED) is 0.692. The predicted molar refractivity (Wildman–Crippen MR) is 92.6 cm³/mol. The Kier molecular flexibility index (Phi) is 3.62. The van der Waals surface area contributed by atoms with E-state index in [9.17, 15) is 9.18 Å². The standard InChI is InChI=1S/C21H16FNO/c22-19-8-4-5-9-20(19)23-14-17-11-10-16(13-18(17)21(23)24)12-15-6-2-1-3-7-15/h1-11,13H,12,14H2. The van der Waals surface area contributed by atoms with Gasteiger partial charge in [0.05, 0.1) is 12.2 Å². The minimum atomic E-state index is -0.372. The first-order chi connectivity index (χ1) is 11.7. The maximum absolute atomic E-state index is 14.0. The van der Waals surface area contributed by atoms with E-state index in [1.807, 2.05) is 36.4 Å². The van der Waals surface area contributed by atoms with E-state index in [0.29, 0.717) is 17.8 Å². The maximum Gasteiger partial charge on any atom is 0.259 e. The second-order valence-corrected chi connectivity index (χ2v) is 6.00. The number of amides is 1. The van der Waals surface area contributed by atoms with Gasteiger partial charge in [-0.1, -0.05) is 54.6 Å². The number of hydrogen-bond acceptors (Lipinski definition) is 1. The summed E-state index contributed by atoms with van der Waals surface area (Å²) < 4.78 is 14.0. The number of hydrogen-bond donors (Lipinski definition) is 0. The average Bonchev–Trinajstić information content (AvgIpc) is 2.93. The summed E-state index contributed by atoms with van der Waals surface area (Å²) in [4.78, 5) is 14.2. The molecule has 0 unspecified atom stereocenters. The maximum atomic E-state index is 14.0. The zero-order valence-electron chi connectivity index (χ0n) is 13.1. The number of carbonyl (C=O) groups is 1. The molecule has 0 aromatic heterocycles. The van der Waals surface area contributed by atoms with Gasteiger partial charge in [0.25, 0.3) is 5.91 Å². The zero-order chi connectivity index (χ0) is 16.5. The van der Waals surface area contributed by atoms with Crippen molar-refractivity contribution in [2.75, 3.05) is 4.90 Å². The van der Waals surface area contributed by atoms with Crippen LogP contribution in [0.3, 0.4) is 0 Å². The van der Waals surface area contributed by atoms with Crippen molar-refractivity contribution in [1.29, 1.82) is 0 Å². The highest BCUT2D eigenvalue weighted by molar-refractivity contribution is 6.10. The van der Waals surface area contributed by atoms with E-state index in [-0.39, 0.29) is 11.7 Å². The second-order valence-electron chi connectivity index (χ2n) is 6.00. The van der Waals surface area contributed by atoms with Crippen molar-refractivity contribution >= 4 is 11.6 Å². The van der Waals surface area contributed by atoms with Crippen molar-refractivity contribution in [3.8, 4) is 0 Å². The number of para-hydroxylation sites is 1. The van der Waals surface area contributed by atoms with Gasteiger partial charge in [-0.3, -0.25) is 4.79 Å². The molecule has 0 aliphatic carbocycles. The first-order valence-corrected chi connectivity index (χ1v) is 7.94. The van der Waals surface area contributed by atoms with Gasteiger partial charge in [-0.15, -0.1) is 0 Å². The van der Waals surface area contributed by atoms with Crippen LogP contribution in [0.4, 0.5) is 10.1 Å². The van der Waals surface area contributed by atoms with E-state index in [1.165, 1.54) is 16.5 Å². The second kappa shape index (κ2) is 5.93. The molecular formula is C21H16FNO. The van der Waals surface area contributed by atoms with Crippen LogP contribution in [0.1, 0.15) is 27.0 Å². The van der Waals surface area contributed by atoms with Crippen LogP contribution in [-0.4, -0.2) is 5.91 Å². The van der Waals surface area contributed by atoms with Crippen LogP contribution in [0.25, 0.3) is 0 Å². The normalized spacial score (nSPS) is 13.2. The van der Waals surface area contributed by atoms with Gasteiger partial charge in [-0.2, -0.15) is 0 Å². The Morgan fingerprint density at radius 2 is 1.62 bits per heavy atom. The van der Waals surface area contributed by atoms with Crippen LogP contribution < -0.4 is 4.90 Å². The van der Waals surface area contributed by atoms with Crippen LogP contribution >= 0.6 is 0 Å². The summed E-state index contributed by atoms with van der Waals surface area (Å²) in [5, 5.41) is 0. The minimum absolute atomic E-state index is 0.134. The molecule has 0 radical (unpaired) electrons. The van der Waals surface area contributed by atoms with Crippen molar-refractivity contribution in [3.63, 3.8) is 0 Å². The topological polar surface area (TPSA) is 20.3 Å². The van der Waals surface area contributed by atoms with Gasteiger partial charge in [-0.05, 0) is 41.3 Å². The molecule has 0 spiro atoms. The van der Waals surface area contributed by atoms with Gasteiger partial charge in [0.1, 0.15) is 5.82 Å². The molecule has 1 aliphatic rings. The Bertz CT molecular complexity index is 905. The molecule has 3 heteroatoms. The van der Waals surface area contributed by atoms with Crippen molar-refractivity contribution in [2.45, 2.75) is 13.0 Å². The summed E-state index contributed by atoms with van der Waals surface area (Å²) in [6.45, 7) is 0.417. The first kappa shape index (κ1) is 14.6. The zero-order valence-corrected chi connectivity index (χ0v) is 13.1. The molecule has 1 amide bonds. The highest BCUT2D eigenvalue weighted by atomic mass is 19.1. The average molecular weight is 317 g/mol. The number of fused-ring (bicyclic) bond motifs is 1. The van der Waals surface area contributed by atoms with Crippen molar-refractivity contribution in [2.24, 2.45) is 0 Å². The molecule has 2 nitrogen and oxygen atoms in total. The van der Waals surface area contributed by atoms with Crippen molar-refractivity contribution in [1.82, 2.24) is 0 Å². The fraction of sp³-hybridized carbons (Fsp3) is 0.0952. The molecule has 118 valence electrons. The Morgan fingerprint density at radius 1 is 0.875 bits per heavy atom. The predicted octanol–water partition coefficient (Wildman–Crippen LogP) is 4.58. The van der Waals surface area contributed by atoms with Crippen molar-refractivity contribution in [3.05, 3.63) is 101 Å². The summed E-state index contributed by atoms with van der Waals surface area (Å²) in [6, 6.07) is 22.5. The molecule has 1 heterocycles. The molecule has 24 heavy (non-hydrogen) atoms. The van der Waals surface area contributed by atoms with Crippen LogP contribution in [0, 0.1) is 5.82 Å². The number of nitrogens with zero attached hydrogens (tertiary/aromatic N) is 1. The van der Waals surface area contributed by atoms with E-state index < -0.39 is 0 Å². The third-order valence-corrected chi connectivity index (χ3v) is 4.37. The minimum Gasteiger partial charge on any atom is -0.301 e. The van der Waals surface area contributed by atoms with E-state index >= 15 is 0 Å². The molecule has 0 atom stereocenters. The van der Waals surface area contributed by atoms with E-state index in [1.54, 1.807) is 18.2 Å². The number of rotatable bonds is 3. The van der Waals surface area contributed by atoms with Crippen LogP contribution in [0.15, 0.2) is 72.8 Å². The Hall–Kier alpha value is -2.94. The number of carbonyl (C=O) groups excluding carboxylic acids is 1. The molecule has 1 aliphatic heterocycles. The molecule has 3 aromatic rings. The summed E-state index contributed by atoms with van der Waals surface area (Å²) in [7, 11) is 0. The third kappa shape index (κ3) is 2.58. The fourth-order valence-corrected chi connectivity index (χ4v) is 3.15. The van der Waals surface area contributed by atoms with Crippen LogP contribution in [-0.2, 0) is 13.0 Å². The lowest BCUT2D eigenvalue weighted by Crippen LogP contribution is -2.24. The lowest BCUT2D eigenvalue weighted by Gasteiger charge is -2.16. The van der Waals surface area contributed by atoms with Crippen LogP contribution in [0.5, 0.6) is 0 Å². The lowest BCUT2D eigenvalue weighted by atomic mass is 10.0. The molecule has 0 fully saturated rings. The fourth-order valence-electron chi connectivity index (χ4n) is 3.15. The highest BCUT2D eigenvalue weighted by Gasteiger charge is 2.30. The molecule has 0 N–H and O–H groups in total. The van der Waals surface area contributed by atoms with E-state index in [0.717, 1.165) is 17.5 Å². The summed E-state index contributed by atoms with van der Waals surface area (Å²) in [5.74, 6) is -0.506. The van der Waals surface area contributed by atoms with Gasteiger partial charge in [-0.25, -0.2) is 4.39 Å². The molecular weight excluding hydrogens is 301 g/mol. The van der Waals surface area contributed by atoms with E-state index in [2.05, 4.69) is 12.1 Å². The Morgan fingerprint density at radius 3 is 2.42 bits per heavy atom. The Balaban J connectivity index is 1.64. The summed E-state index contributed by atoms with van der Waals surface area (Å²) >= 11 is 0. The molecule has 3 aromatic carbocycles. The highest BCUT2D eigenvalue weighted by Crippen LogP contribution is 2.30. The largest absolute Gasteiger partial charge is 0.301 e. The smallest absolute Gasteiger partial charge is 0.259 e. The molecule has 4 rings (SSSR count). The number of benzene rings is 3. The first-order valence-electron chi connectivity index (χ1n) is 7.94. The summed E-state index contributed by atoms with van der Waals surface area (Å²) in [6.07, 6.45) is 0.779. The SMILES string of the molecule is O=C1c2cc(Cc3ccccc3)ccc2CN1c1ccccc1F.